The van der Waals surface area contributed by atoms with Gasteiger partial charge in [0.2, 0.25) is 0 Å². The first-order valence-corrected chi connectivity index (χ1v) is 9.09. The molecule has 0 spiro atoms. The third-order valence-electron chi connectivity index (χ3n) is 4.68. The molecule has 0 aliphatic rings. The molecule has 0 saturated carbocycles. The number of carbonyl (C=O) groups is 1. The highest BCUT2D eigenvalue weighted by molar-refractivity contribution is 6.04. The highest BCUT2D eigenvalue weighted by atomic mass is 16.5. The average Bonchev–Trinajstić information content (AvgIpc) is 2.72. The van der Waals surface area contributed by atoms with Crippen molar-refractivity contribution < 1.29 is 14.3 Å². The Bertz CT molecular complexity index is 967. The number of anilines is 1. The first-order chi connectivity index (χ1) is 13.5. The van der Waals surface area contributed by atoms with Crippen LogP contribution in [0.4, 0.5) is 5.82 Å². The summed E-state index contributed by atoms with van der Waals surface area (Å²) in [6, 6.07) is 17.0. The smallest absolute Gasteiger partial charge is 0.256 e. The summed E-state index contributed by atoms with van der Waals surface area (Å²) in [6.07, 6.45) is 0. The fraction of sp³-hybridized carbons (Fsp3) is 0.217. The minimum Gasteiger partial charge on any atom is -0.497 e. The molecule has 0 aliphatic heterocycles. The normalized spacial score (nSPS) is 10.4. The number of amides is 1. The molecule has 1 amide bonds. The molecule has 0 fully saturated rings. The minimum absolute atomic E-state index is 0.213. The molecule has 2 aromatic carbocycles. The third kappa shape index (κ3) is 4.31. The van der Waals surface area contributed by atoms with Gasteiger partial charge in [-0.15, -0.1) is 0 Å². The summed E-state index contributed by atoms with van der Waals surface area (Å²) in [7, 11) is 1.59. The van der Waals surface area contributed by atoms with E-state index in [1.165, 1.54) is 0 Å². The van der Waals surface area contributed by atoms with Gasteiger partial charge in [0.1, 0.15) is 23.9 Å². The van der Waals surface area contributed by atoms with E-state index in [1.807, 2.05) is 51.1 Å². The lowest BCUT2D eigenvalue weighted by Gasteiger charge is -2.17. The second-order valence-electron chi connectivity index (χ2n) is 6.58. The molecule has 5 nitrogen and oxygen atoms in total. The van der Waals surface area contributed by atoms with E-state index in [-0.39, 0.29) is 5.91 Å². The largest absolute Gasteiger partial charge is 0.497 e. The van der Waals surface area contributed by atoms with Crippen LogP contribution in [-0.2, 0) is 6.61 Å². The van der Waals surface area contributed by atoms with Crippen molar-refractivity contribution in [1.82, 2.24) is 4.98 Å². The number of pyridine rings is 1. The Labute approximate surface area is 165 Å². The first kappa shape index (κ1) is 19.4. The lowest BCUT2D eigenvalue weighted by atomic mass is 10.1. The molecule has 144 valence electrons. The van der Waals surface area contributed by atoms with Gasteiger partial charge in [-0.05, 0) is 61.7 Å². The maximum atomic E-state index is 12.6. The summed E-state index contributed by atoms with van der Waals surface area (Å²) >= 11 is 0. The summed E-state index contributed by atoms with van der Waals surface area (Å²) in [5, 5.41) is 2.90. The molecule has 0 aliphatic carbocycles. The molecule has 0 bridgehead atoms. The van der Waals surface area contributed by atoms with Gasteiger partial charge in [0.25, 0.3) is 5.91 Å². The van der Waals surface area contributed by atoms with E-state index in [0.717, 1.165) is 28.1 Å². The van der Waals surface area contributed by atoms with Gasteiger partial charge in [0.15, 0.2) is 0 Å². The second kappa shape index (κ2) is 8.57. The van der Waals surface area contributed by atoms with Crippen molar-refractivity contribution in [3.8, 4) is 11.5 Å². The van der Waals surface area contributed by atoms with Gasteiger partial charge in [0.05, 0.1) is 12.8 Å². The van der Waals surface area contributed by atoms with Crippen LogP contribution in [-0.4, -0.2) is 18.0 Å². The Kier molecular flexibility index (Phi) is 5.94. The number of ether oxygens (including phenoxy) is 2. The molecular formula is C23H24N2O3. The molecule has 0 saturated heterocycles. The number of rotatable bonds is 6. The van der Waals surface area contributed by atoms with Gasteiger partial charge >= 0.3 is 0 Å². The lowest BCUT2D eigenvalue weighted by molar-refractivity contribution is 0.102. The van der Waals surface area contributed by atoms with Gasteiger partial charge in [-0.2, -0.15) is 0 Å². The molecule has 5 heteroatoms. The number of hydrogen-bond acceptors (Lipinski definition) is 4. The Morgan fingerprint density at radius 3 is 2.29 bits per heavy atom. The Morgan fingerprint density at radius 1 is 0.964 bits per heavy atom. The summed E-state index contributed by atoms with van der Waals surface area (Å²) < 4.78 is 11.1. The van der Waals surface area contributed by atoms with Gasteiger partial charge < -0.3 is 14.8 Å². The fourth-order valence-electron chi connectivity index (χ4n) is 2.91. The van der Waals surface area contributed by atoms with Crippen molar-refractivity contribution >= 4 is 11.7 Å². The Hall–Kier alpha value is -3.34. The zero-order valence-corrected chi connectivity index (χ0v) is 16.6. The number of aromatic nitrogens is 1. The van der Waals surface area contributed by atoms with Crippen LogP contribution in [0.2, 0.25) is 0 Å². The number of aryl methyl sites for hydroxylation is 1. The van der Waals surface area contributed by atoms with Gasteiger partial charge in [-0.3, -0.25) is 4.79 Å². The molecule has 1 heterocycles. The number of nitrogens with zero attached hydrogens (tertiary/aromatic N) is 1. The monoisotopic (exact) mass is 376 g/mol. The standard InChI is InChI=1S/C23H24N2O3/c1-15-16(2)22(25-23(26)19-10-12-20(27-4)13-11-19)24-17(3)21(15)28-14-18-8-6-5-7-9-18/h5-13H,14H2,1-4H3,(H,24,25,26). The Morgan fingerprint density at radius 2 is 1.64 bits per heavy atom. The van der Waals surface area contributed by atoms with E-state index < -0.39 is 0 Å². The van der Waals surface area contributed by atoms with Crippen LogP contribution >= 0.6 is 0 Å². The minimum atomic E-state index is -0.213. The van der Waals surface area contributed by atoms with E-state index >= 15 is 0 Å². The van der Waals surface area contributed by atoms with Crippen molar-refractivity contribution in [2.24, 2.45) is 0 Å². The molecule has 0 unspecified atom stereocenters. The molecule has 0 radical (unpaired) electrons. The first-order valence-electron chi connectivity index (χ1n) is 9.09. The predicted octanol–water partition coefficient (Wildman–Crippen LogP) is 4.85. The van der Waals surface area contributed by atoms with E-state index in [9.17, 15) is 4.79 Å². The van der Waals surface area contributed by atoms with Crippen molar-refractivity contribution in [2.45, 2.75) is 27.4 Å². The van der Waals surface area contributed by atoms with Crippen molar-refractivity contribution in [1.29, 1.82) is 0 Å². The van der Waals surface area contributed by atoms with Crippen LogP contribution in [0.3, 0.4) is 0 Å². The van der Waals surface area contributed by atoms with E-state index in [1.54, 1.807) is 31.4 Å². The van der Waals surface area contributed by atoms with Crippen LogP contribution in [0, 0.1) is 20.8 Å². The summed E-state index contributed by atoms with van der Waals surface area (Å²) in [5.41, 5.74) is 4.23. The average molecular weight is 376 g/mol. The molecule has 3 aromatic rings. The number of methoxy groups -OCH3 is 1. The van der Waals surface area contributed by atoms with Gasteiger partial charge in [-0.25, -0.2) is 4.98 Å². The number of carbonyl (C=O) groups excluding carboxylic acids is 1. The molecular weight excluding hydrogens is 352 g/mol. The summed E-state index contributed by atoms with van der Waals surface area (Å²) in [6.45, 7) is 6.27. The van der Waals surface area contributed by atoms with E-state index in [0.29, 0.717) is 23.7 Å². The maximum Gasteiger partial charge on any atom is 0.256 e. The van der Waals surface area contributed by atoms with Crippen molar-refractivity contribution in [3.63, 3.8) is 0 Å². The van der Waals surface area contributed by atoms with Crippen LogP contribution in [0.5, 0.6) is 11.5 Å². The van der Waals surface area contributed by atoms with Crippen LogP contribution in [0.15, 0.2) is 54.6 Å². The molecule has 28 heavy (non-hydrogen) atoms. The van der Waals surface area contributed by atoms with Crippen LogP contribution in [0.25, 0.3) is 0 Å². The highest BCUT2D eigenvalue weighted by Gasteiger charge is 2.16. The molecule has 1 aromatic heterocycles. The zero-order chi connectivity index (χ0) is 20.1. The topological polar surface area (TPSA) is 60.5 Å². The van der Waals surface area contributed by atoms with Crippen molar-refractivity contribution in [2.75, 3.05) is 12.4 Å². The van der Waals surface area contributed by atoms with E-state index in [4.69, 9.17) is 9.47 Å². The van der Waals surface area contributed by atoms with E-state index in [2.05, 4.69) is 10.3 Å². The lowest BCUT2D eigenvalue weighted by Crippen LogP contribution is -2.15. The van der Waals surface area contributed by atoms with Crippen LogP contribution in [0.1, 0.15) is 32.7 Å². The predicted molar refractivity (Wildman–Crippen MR) is 110 cm³/mol. The molecule has 0 atom stereocenters. The third-order valence-corrected chi connectivity index (χ3v) is 4.68. The number of hydrogen-bond donors (Lipinski definition) is 1. The fourth-order valence-corrected chi connectivity index (χ4v) is 2.91. The molecule has 1 N–H and O–H groups in total. The molecule has 3 rings (SSSR count). The Balaban J connectivity index is 1.78. The quantitative estimate of drug-likeness (QED) is 0.668. The second-order valence-corrected chi connectivity index (χ2v) is 6.58. The van der Waals surface area contributed by atoms with Crippen molar-refractivity contribution in [3.05, 3.63) is 82.5 Å². The summed E-state index contributed by atoms with van der Waals surface area (Å²) in [4.78, 5) is 17.1. The van der Waals surface area contributed by atoms with Crippen LogP contribution < -0.4 is 14.8 Å². The van der Waals surface area contributed by atoms with Gasteiger partial charge in [0, 0.05) is 5.56 Å². The highest BCUT2D eigenvalue weighted by Crippen LogP contribution is 2.30. The summed E-state index contributed by atoms with van der Waals surface area (Å²) in [5.74, 6) is 1.79. The number of nitrogens with one attached hydrogen (secondary N) is 1. The maximum absolute atomic E-state index is 12.6. The van der Waals surface area contributed by atoms with Gasteiger partial charge in [-0.1, -0.05) is 30.3 Å². The number of benzene rings is 2. The SMILES string of the molecule is COc1ccc(C(=O)Nc2nc(C)c(OCc3ccccc3)c(C)c2C)cc1. The zero-order valence-electron chi connectivity index (χ0n) is 16.6.